The zero-order valence-corrected chi connectivity index (χ0v) is 11.6. The highest BCUT2D eigenvalue weighted by molar-refractivity contribution is 5.89. The van der Waals surface area contributed by atoms with E-state index in [0.717, 1.165) is 23.3 Å². The van der Waals surface area contributed by atoms with Crippen molar-refractivity contribution in [1.82, 2.24) is 14.9 Å². The minimum Gasteiger partial charge on any atom is -0.397 e. The molecule has 1 amide bonds. The van der Waals surface area contributed by atoms with Gasteiger partial charge in [0.1, 0.15) is 17.9 Å². The van der Waals surface area contributed by atoms with Crippen LogP contribution in [0.5, 0.6) is 0 Å². The largest absolute Gasteiger partial charge is 0.397 e. The van der Waals surface area contributed by atoms with Gasteiger partial charge in [0.2, 0.25) is 5.91 Å². The highest BCUT2D eigenvalue weighted by Gasteiger charge is 2.13. The maximum atomic E-state index is 12.0. The van der Waals surface area contributed by atoms with E-state index in [1.165, 1.54) is 0 Å². The van der Waals surface area contributed by atoms with Crippen LogP contribution in [0.25, 0.3) is 11.0 Å². The van der Waals surface area contributed by atoms with E-state index in [1.54, 1.807) is 0 Å². The summed E-state index contributed by atoms with van der Waals surface area (Å²) < 4.78 is 1.89. The van der Waals surface area contributed by atoms with Crippen LogP contribution in [0.15, 0.2) is 18.2 Å². The Bertz CT molecular complexity index is 603. The number of para-hydroxylation sites is 1. The fourth-order valence-electron chi connectivity index (χ4n) is 2.05. The zero-order chi connectivity index (χ0) is 14.0. The Balaban J connectivity index is 2.28. The quantitative estimate of drug-likeness (QED) is 0.824. The summed E-state index contributed by atoms with van der Waals surface area (Å²) in [5, 5.41) is 2.96. The Morgan fingerprint density at radius 1 is 1.53 bits per heavy atom. The molecule has 1 aromatic carbocycles. The van der Waals surface area contributed by atoms with Crippen LogP contribution in [0.4, 0.5) is 5.69 Å². The second-order valence-corrected chi connectivity index (χ2v) is 4.84. The van der Waals surface area contributed by atoms with E-state index >= 15 is 0 Å². The summed E-state index contributed by atoms with van der Waals surface area (Å²) in [5.74, 6) is 0.798. The number of imidazole rings is 1. The standard InChI is InChI=1S/C14H20N4O/c1-4-9(2)16-13(19)8-18-10(3)17-14-11(15)6-5-7-12(14)18/h5-7,9H,4,8,15H2,1-3H3,(H,16,19). The molecular formula is C14H20N4O. The molecule has 0 saturated carbocycles. The molecule has 5 nitrogen and oxygen atoms in total. The zero-order valence-electron chi connectivity index (χ0n) is 11.6. The molecule has 2 aromatic rings. The van der Waals surface area contributed by atoms with Crippen molar-refractivity contribution in [1.29, 1.82) is 0 Å². The monoisotopic (exact) mass is 260 g/mol. The van der Waals surface area contributed by atoms with Crippen LogP contribution in [0.3, 0.4) is 0 Å². The summed E-state index contributed by atoms with van der Waals surface area (Å²) in [7, 11) is 0. The van der Waals surface area contributed by atoms with Crippen LogP contribution < -0.4 is 11.1 Å². The minimum atomic E-state index is -0.000764. The lowest BCUT2D eigenvalue weighted by molar-refractivity contribution is -0.122. The molecule has 0 bridgehead atoms. The molecule has 0 fully saturated rings. The van der Waals surface area contributed by atoms with Gasteiger partial charge in [0.05, 0.1) is 11.2 Å². The highest BCUT2D eigenvalue weighted by Crippen LogP contribution is 2.21. The Morgan fingerprint density at radius 2 is 2.26 bits per heavy atom. The average Bonchev–Trinajstić information content (AvgIpc) is 2.68. The molecule has 0 saturated heterocycles. The van der Waals surface area contributed by atoms with Gasteiger partial charge in [-0.3, -0.25) is 4.79 Å². The number of benzene rings is 1. The van der Waals surface area contributed by atoms with Crippen LogP contribution in [0.2, 0.25) is 0 Å². The molecule has 1 atom stereocenters. The number of nitrogens with zero attached hydrogens (tertiary/aromatic N) is 2. The van der Waals surface area contributed by atoms with Gasteiger partial charge in [-0.1, -0.05) is 13.0 Å². The number of aryl methyl sites for hydroxylation is 1. The van der Waals surface area contributed by atoms with Gasteiger partial charge in [-0.05, 0) is 32.4 Å². The van der Waals surface area contributed by atoms with Crippen molar-refractivity contribution in [3.63, 3.8) is 0 Å². The average molecular weight is 260 g/mol. The summed E-state index contributed by atoms with van der Waals surface area (Å²) in [6.45, 7) is 6.20. The third-order valence-electron chi connectivity index (χ3n) is 3.32. The summed E-state index contributed by atoms with van der Waals surface area (Å²) in [6.07, 6.45) is 0.919. The smallest absolute Gasteiger partial charge is 0.240 e. The number of aromatic nitrogens is 2. The van der Waals surface area contributed by atoms with Gasteiger partial charge in [-0.25, -0.2) is 4.98 Å². The van der Waals surface area contributed by atoms with Gasteiger partial charge in [-0.15, -0.1) is 0 Å². The predicted octanol–water partition coefficient (Wildman–Crippen LogP) is 1.84. The van der Waals surface area contributed by atoms with Crippen molar-refractivity contribution in [2.75, 3.05) is 5.73 Å². The molecule has 1 heterocycles. The van der Waals surface area contributed by atoms with Gasteiger partial charge < -0.3 is 15.6 Å². The lowest BCUT2D eigenvalue weighted by Gasteiger charge is -2.12. The number of nitrogen functional groups attached to an aromatic ring is 1. The second-order valence-electron chi connectivity index (χ2n) is 4.84. The van der Waals surface area contributed by atoms with E-state index in [2.05, 4.69) is 10.3 Å². The van der Waals surface area contributed by atoms with Crippen molar-refractivity contribution in [3.8, 4) is 0 Å². The first-order valence-electron chi connectivity index (χ1n) is 6.53. The van der Waals surface area contributed by atoms with Crippen LogP contribution >= 0.6 is 0 Å². The molecule has 0 aliphatic carbocycles. The molecular weight excluding hydrogens is 240 g/mol. The topological polar surface area (TPSA) is 72.9 Å². The van der Waals surface area contributed by atoms with E-state index in [-0.39, 0.29) is 18.5 Å². The molecule has 2 rings (SSSR count). The van der Waals surface area contributed by atoms with Gasteiger partial charge >= 0.3 is 0 Å². The van der Waals surface area contributed by atoms with Crippen molar-refractivity contribution in [3.05, 3.63) is 24.0 Å². The van der Waals surface area contributed by atoms with Gasteiger partial charge in [0.15, 0.2) is 0 Å². The van der Waals surface area contributed by atoms with E-state index in [0.29, 0.717) is 5.69 Å². The molecule has 0 aliphatic rings. The first-order chi connectivity index (χ1) is 9.02. The minimum absolute atomic E-state index is 0.000764. The van der Waals surface area contributed by atoms with Crippen LogP contribution in [0.1, 0.15) is 26.1 Å². The number of nitrogens with two attached hydrogens (primary N) is 1. The predicted molar refractivity (Wildman–Crippen MR) is 76.8 cm³/mol. The molecule has 1 unspecified atom stereocenters. The molecule has 3 N–H and O–H groups in total. The van der Waals surface area contributed by atoms with Crippen LogP contribution in [0, 0.1) is 6.92 Å². The van der Waals surface area contributed by atoms with E-state index < -0.39 is 0 Å². The SMILES string of the molecule is CCC(C)NC(=O)Cn1c(C)nc2c(N)cccc21. The van der Waals surface area contributed by atoms with Crippen LogP contribution in [-0.2, 0) is 11.3 Å². The lowest BCUT2D eigenvalue weighted by atomic mass is 10.2. The number of amides is 1. The Hall–Kier alpha value is -2.04. The molecule has 19 heavy (non-hydrogen) atoms. The van der Waals surface area contributed by atoms with Crippen molar-refractivity contribution < 1.29 is 4.79 Å². The van der Waals surface area contributed by atoms with Gasteiger partial charge in [0.25, 0.3) is 0 Å². The summed E-state index contributed by atoms with van der Waals surface area (Å²) >= 11 is 0. The Kier molecular flexibility index (Phi) is 3.74. The lowest BCUT2D eigenvalue weighted by Crippen LogP contribution is -2.34. The third kappa shape index (κ3) is 2.70. The molecule has 0 radical (unpaired) electrons. The summed E-state index contributed by atoms with van der Waals surface area (Å²) in [5.41, 5.74) is 8.20. The Labute approximate surface area is 112 Å². The molecule has 0 aliphatic heterocycles. The summed E-state index contributed by atoms with van der Waals surface area (Å²) in [6, 6.07) is 5.82. The maximum Gasteiger partial charge on any atom is 0.240 e. The molecule has 102 valence electrons. The number of carbonyl (C=O) groups excluding carboxylic acids is 1. The maximum absolute atomic E-state index is 12.0. The number of carbonyl (C=O) groups is 1. The second kappa shape index (κ2) is 5.30. The number of anilines is 1. The fraction of sp³-hybridized carbons (Fsp3) is 0.429. The summed E-state index contributed by atoms with van der Waals surface area (Å²) in [4.78, 5) is 16.4. The van der Waals surface area contributed by atoms with E-state index in [1.807, 2.05) is 43.5 Å². The number of hydrogen-bond acceptors (Lipinski definition) is 3. The van der Waals surface area contributed by atoms with Gasteiger partial charge in [0, 0.05) is 6.04 Å². The van der Waals surface area contributed by atoms with Crippen molar-refractivity contribution >= 4 is 22.6 Å². The molecule has 0 spiro atoms. The molecule has 1 aromatic heterocycles. The van der Waals surface area contributed by atoms with E-state index in [9.17, 15) is 4.79 Å². The Morgan fingerprint density at radius 3 is 2.95 bits per heavy atom. The van der Waals surface area contributed by atoms with Crippen molar-refractivity contribution in [2.45, 2.75) is 39.8 Å². The molecule has 5 heteroatoms. The van der Waals surface area contributed by atoms with Crippen molar-refractivity contribution in [2.24, 2.45) is 0 Å². The first-order valence-corrected chi connectivity index (χ1v) is 6.53. The normalized spacial score (nSPS) is 12.6. The van der Waals surface area contributed by atoms with E-state index in [4.69, 9.17) is 5.73 Å². The number of nitrogens with one attached hydrogen (secondary N) is 1. The first kappa shape index (κ1) is 13.4. The number of hydrogen-bond donors (Lipinski definition) is 2. The third-order valence-corrected chi connectivity index (χ3v) is 3.32. The van der Waals surface area contributed by atoms with Gasteiger partial charge in [-0.2, -0.15) is 0 Å². The fourth-order valence-corrected chi connectivity index (χ4v) is 2.05. The number of rotatable bonds is 4. The van der Waals surface area contributed by atoms with Crippen LogP contribution in [-0.4, -0.2) is 21.5 Å². The highest BCUT2D eigenvalue weighted by atomic mass is 16.2. The number of fused-ring (bicyclic) bond motifs is 1.